The number of carbonyl (C=O) groups is 1. The lowest BCUT2D eigenvalue weighted by Gasteiger charge is -2.38. The molecule has 9 rings (SSSR count). The molecule has 1 saturated heterocycles. The van der Waals surface area contributed by atoms with Crippen LogP contribution in [0.15, 0.2) is 163 Å². The number of allylic oxidation sites excluding steroid dienone is 1. The van der Waals surface area contributed by atoms with Gasteiger partial charge in [0.2, 0.25) is 0 Å². The molecule has 1 fully saturated rings. The molecular weight excluding hydrogens is 778 g/mol. The summed E-state index contributed by atoms with van der Waals surface area (Å²) >= 11 is 6.13. The zero-order chi connectivity index (χ0) is 41.3. The second kappa shape index (κ2) is 16.4. The van der Waals surface area contributed by atoms with E-state index in [0.717, 1.165) is 50.0 Å². The molecule has 0 radical (unpaired) electrons. The first kappa shape index (κ1) is 39.2. The third-order valence-electron chi connectivity index (χ3n) is 11.9. The van der Waals surface area contributed by atoms with E-state index in [-0.39, 0.29) is 24.2 Å². The van der Waals surface area contributed by atoms with Crippen molar-refractivity contribution in [1.29, 1.82) is 0 Å². The molecule has 0 spiro atoms. The highest BCUT2D eigenvalue weighted by Crippen LogP contribution is 2.45. The highest BCUT2D eigenvalue weighted by Gasteiger charge is 2.41. The molecule has 0 saturated carbocycles. The van der Waals surface area contributed by atoms with E-state index in [1.165, 1.54) is 0 Å². The fraction of sp³-hybridized carbons (Fsp3) is 0.200. The van der Waals surface area contributed by atoms with Gasteiger partial charge in [-0.05, 0) is 76.2 Å². The third kappa shape index (κ3) is 7.55. The maximum atomic E-state index is 14.7. The van der Waals surface area contributed by atoms with Crippen molar-refractivity contribution in [1.82, 2.24) is 14.7 Å². The predicted molar refractivity (Wildman–Crippen MR) is 234 cm³/mol. The molecule has 1 N–H and O–H groups in total. The molecule has 2 aliphatic rings. The first-order chi connectivity index (χ1) is 29.2. The number of anilines is 1. The lowest BCUT2D eigenvalue weighted by molar-refractivity contribution is -0.0109. The van der Waals surface area contributed by atoms with E-state index in [2.05, 4.69) is 46.2 Å². The van der Waals surface area contributed by atoms with Crippen LogP contribution in [-0.2, 0) is 5.54 Å². The van der Waals surface area contributed by atoms with Gasteiger partial charge in [0.05, 0.1) is 17.1 Å². The van der Waals surface area contributed by atoms with Crippen LogP contribution in [0.1, 0.15) is 51.9 Å². The maximum Gasteiger partial charge on any atom is 0.339 e. The number of hydrogen-bond acceptors (Lipinski definition) is 5. The van der Waals surface area contributed by atoms with Gasteiger partial charge in [0.25, 0.3) is 5.92 Å². The molecule has 0 unspecified atom stereocenters. The summed E-state index contributed by atoms with van der Waals surface area (Å²) < 4.78 is 38.1. The van der Waals surface area contributed by atoms with E-state index in [4.69, 9.17) is 21.4 Å². The van der Waals surface area contributed by atoms with Crippen LogP contribution in [0, 0.1) is 0 Å². The Kier molecular flexibility index (Phi) is 10.7. The summed E-state index contributed by atoms with van der Waals surface area (Å²) in [6.45, 7) is 3.05. The van der Waals surface area contributed by atoms with Gasteiger partial charge in [0.1, 0.15) is 22.6 Å². The van der Waals surface area contributed by atoms with Gasteiger partial charge in [-0.1, -0.05) is 121 Å². The number of piperazine rings is 1. The molecule has 302 valence electrons. The third-order valence-corrected chi connectivity index (χ3v) is 12.1. The molecule has 0 amide bonds. The number of alkyl halides is 2. The Morgan fingerprint density at radius 3 is 1.97 bits per heavy atom. The quantitative estimate of drug-likeness (QED) is 0.131. The number of aromatic nitrogens is 2. The number of carboxylic acid groups (broad SMARTS) is 1. The number of aromatic carboxylic acids is 1. The lowest BCUT2D eigenvalue weighted by atomic mass is 9.77. The van der Waals surface area contributed by atoms with Crippen LogP contribution >= 0.6 is 11.6 Å². The topological polar surface area (TPSA) is 70.8 Å². The standard InChI is InChI=1S/C50H43ClF2N4O3/c51-40-21-19-35(20-22-40)42-25-26-49(52,53)32-36(42)34-55-27-29-56(30-28-55)41-23-24-43(48(58)59)47(31-41)60-46-18-10-17-45-44(46)33-54-57(45)50(37-11-4-1-5-12-37,38-13-6-2-7-14-38)39-15-8-3-9-16-39/h1-24,31,33H,25-30,32,34H2,(H,58,59). The van der Waals surface area contributed by atoms with Crippen LogP contribution in [0.5, 0.6) is 11.5 Å². The van der Waals surface area contributed by atoms with Gasteiger partial charge < -0.3 is 14.7 Å². The first-order valence-electron chi connectivity index (χ1n) is 20.2. The molecule has 1 aliphatic heterocycles. The average molecular weight is 821 g/mol. The summed E-state index contributed by atoms with van der Waals surface area (Å²) in [5.41, 5.74) is 6.57. The molecule has 0 atom stereocenters. The highest BCUT2D eigenvalue weighted by atomic mass is 35.5. The van der Waals surface area contributed by atoms with E-state index in [9.17, 15) is 18.7 Å². The van der Waals surface area contributed by atoms with E-state index in [1.54, 1.807) is 24.4 Å². The Morgan fingerprint density at radius 2 is 1.37 bits per heavy atom. The van der Waals surface area contributed by atoms with Crippen molar-refractivity contribution < 1.29 is 23.4 Å². The Labute approximate surface area is 352 Å². The normalized spacial score (nSPS) is 15.9. The van der Waals surface area contributed by atoms with Gasteiger partial charge in [0.15, 0.2) is 0 Å². The largest absolute Gasteiger partial charge is 0.478 e. The number of ether oxygens (including phenoxy) is 1. The molecule has 60 heavy (non-hydrogen) atoms. The fourth-order valence-electron chi connectivity index (χ4n) is 8.95. The number of rotatable bonds is 11. The predicted octanol–water partition coefficient (Wildman–Crippen LogP) is 11.4. The number of halogens is 3. The molecule has 7 aromatic rings. The Bertz CT molecular complexity index is 2570. The average Bonchev–Trinajstić information content (AvgIpc) is 3.71. The minimum absolute atomic E-state index is 0.0360. The number of hydrogen-bond donors (Lipinski definition) is 1. The number of carboxylic acids is 1. The van der Waals surface area contributed by atoms with Gasteiger partial charge in [0, 0.05) is 62.3 Å². The summed E-state index contributed by atoms with van der Waals surface area (Å²) in [4.78, 5) is 17.0. The maximum absolute atomic E-state index is 14.7. The van der Waals surface area contributed by atoms with E-state index >= 15 is 0 Å². The van der Waals surface area contributed by atoms with Gasteiger partial charge in [-0.15, -0.1) is 0 Å². The SMILES string of the molecule is O=C(O)c1ccc(N2CCN(CC3=C(c4ccc(Cl)cc4)CCC(F)(F)C3)CC2)cc1Oc1cccc2c1cnn2C(c1ccccc1)(c1ccccc1)c1ccccc1. The molecule has 7 nitrogen and oxygen atoms in total. The molecule has 1 aliphatic carbocycles. The number of nitrogens with zero attached hydrogens (tertiary/aromatic N) is 4. The van der Waals surface area contributed by atoms with Crippen molar-refractivity contribution in [3.05, 3.63) is 196 Å². The van der Waals surface area contributed by atoms with Gasteiger partial charge in [-0.3, -0.25) is 4.90 Å². The molecule has 1 aromatic heterocycles. The first-order valence-corrected chi connectivity index (χ1v) is 20.6. The minimum atomic E-state index is -2.73. The molecule has 6 aromatic carbocycles. The van der Waals surface area contributed by atoms with Crippen LogP contribution in [0.25, 0.3) is 16.5 Å². The highest BCUT2D eigenvalue weighted by molar-refractivity contribution is 6.30. The second-order valence-corrected chi connectivity index (χ2v) is 16.0. The van der Waals surface area contributed by atoms with Crippen molar-refractivity contribution in [3.63, 3.8) is 0 Å². The second-order valence-electron chi connectivity index (χ2n) is 15.5. The molecule has 0 bridgehead atoms. The van der Waals surface area contributed by atoms with Gasteiger partial charge >= 0.3 is 5.97 Å². The zero-order valence-electron chi connectivity index (χ0n) is 32.9. The summed E-state index contributed by atoms with van der Waals surface area (Å²) in [5, 5.41) is 16.7. The number of benzene rings is 6. The Hall–Kier alpha value is -6.29. The van der Waals surface area contributed by atoms with E-state index < -0.39 is 17.4 Å². The van der Waals surface area contributed by atoms with E-state index in [0.29, 0.717) is 49.9 Å². The van der Waals surface area contributed by atoms with Crippen molar-refractivity contribution in [2.75, 3.05) is 37.6 Å². The monoisotopic (exact) mass is 820 g/mol. The summed E-state index contributed by atoms with van der Waals surface area (Å²) in [6.07, 6.45) is 1.70. The van der Waals surface area contributed by atoms with Crippen molar-refractivity contribution in [2.45, 2.75) is 30.7 Å². The van der Waals surface area contributed by atoms with Crippen LogP contribution in [0.2, 0.25) is 5.02 Å². The van der Waals surface area contributed by atoms with Crippen LogP contribution in [0.4, 0.5) is 14.5 Å². The Balaban J connectivity index is 1.02. The number of fused-ring (bicyclic) bond motifs is 1. The summed E-state index contributed by atoms with van der Waals surface area (Å²) in [7, 11) is 0. The summed E-state index contributed by atoms with van der Waals surface area (Å²) in [5.74, 6) is -3.15. The minimum Gasteiger partial charge on any atom is -0.478 e. The van der Waals surface area contributed by atoms with Crippen molar-refractivity contribution >= 4 is 39.7 Å². The van der Waals surface area contributed by atoms with Crippen LogP contribution in [-0.4, -0.2) is 64.4 Å². The molecule has 2 heterocycles. The van der Waals surface area contributed by atoms with Gasteiger partial charge in [-0.25, -0.2) is 18.3 Å². The van der Waals surface area contributed by atoms with Crippen molar-refractivity contribution in [3.8, 4) is 11.5 Å². The summed E-state index contributed by atoms with van der Waals surface area (Å²) in [6, 6.07) is 49.3. The van der Waals surface area contributed by atoms with Crippen LogP contribution < -0.4 is 9.64 Å². The van der Waals surface area contributed by atoms with Crippen molar-refractivity contribution in [2.24, 2.45) is 0 Å². The smallest absolute Gasteiger partial charge is 0.339 e. The molecule has 10 heteroatoms. The fourth-order valence-corrected chi connectivity index (χ4v) is 9.08. The van der Waals surface area contributed by atoms with Gasteiger partial charge in [-0.2, -0.15) is 5.10 Å². The zero-order valence-corrected chi connectivity index (χ0v) is 33.6. The van der Waals surface area contributed by atoms with E-state index in [1.807, 2.05) is 102 Å². The Morgan fingerprint density at radius 1 is 0.750 bits per heavy atom. The molecular formula is C50H43ClF2N4O3. The lowest BCUT2D eigenvalue weighted by Crippen LogP contribution is -2.47. The van der Waals surface area contributed by atoms with Crippen LogP contribution in [0.3, 0.4) is 0 Å².